The largest absolute Gasteiger partial charge is 0.545 e. The van der Waals surface area contributed by atoms with Gasteiger partial charge in [-0.3, -0.25) is 0 Å². The molecule has 1 N–H and O–H groups in total. The second kappa shape index (κ2) is 7.17. The first-order valence-corrected chi connectivity index (χ1v) is 9.49. The van der Waals surface area contributed by atoms with Crippen LogP contribution in [0.5, 0.6) is 0 Å². The number of benzene rings is 2. The van der Waals surface area contributed by atoms with Gasteiger partial charge in [-0.1, -0.05) is 18.2 Å². The maximum atomic E-state index is 13.0. The number of carbonyl (C=O) groups is 1. The van der Waals surface area contributed by atoms with Gasteiger partial charge in [-0.2, -0.15) is 13.2 Å². The summed E-state index contributed by atoms with van der Waals surface area (Å²) in [6, 6.07) is 6.42. The molecule has 26 heavy (non-hydrogen) atoms. The normalized spacial score (nSPS) is 13.4. The van der Waals surface area contributed by atoms with Gasteiger partial charge in [-0.25, -0.2) is 17.3 Å². The Kier molecular flexibility index (Phi) is 5.54. The Hall–Kier alpha value is -2.24. The van der Waals surface area contributed by atoms with Gasteiger partial charge in [0.15, 0.2) is 0 Å². The van der Waals surface area contributed by atoms with Crippen molar-refractivity contribution in [3.8, 4) is 0 Å². The SMILES string of the molecule is CNS(=O)(=O)c1ccc(C(F)(F)F)cc1[S@](=O)c1ccccc1C(=O)[O-]. The molecule has 1 atom stereocenters. The van der Waals surface area contributed by atoms with Gasteiger partial charge in [0.2, 0.25) is 10.0 Å². The fourth-order valence-corrected chi connectivity index (χ4v) is 4.70. The average molecular weight is 406 g/mol. The van der Waals surface area contributed by atoms with E-state index in [0.717, 1.165) is 19.2 Å². The molecule has 0 spiro atoms. The maximum absolute atomic E-state index is 13.0. The van der Waals surface area contributed by atoms with Crippen LogP contribution in [-0.4, -0.2) is 25.6 Å². The molecule has 2 aromatic rings. The highest BCUT2D eigenvalue weighted by atomic mass is 32.2. The molecule has 6 nitrogen and oxygen atoms in total. The molecule has 0 amide bonds. The summed E-state index contributed by atoms with van der Waals surface area (Å²) in [6.07, 6.45) is -4.81. The lowest BCUT2D eigenvalue weighted by molar-refractivity contribution is -0.255. The number of hydrogen-bond donors (Lipinski definition) is 1. The van der Waals surface area contributed by atoms with Crippen LogP contribution in [0.2, 0.25) is 0 Å². The molecule has 0 unspecified atom stereocenters. The molecule has 140 valence electrons. The van der Waals surface area contributed by atoms with E-state index < -0.39 is 53.9 Å². The number of nitrogens with one attached hydrogen (secondary N) is 1. The Morgan fingerprint density at radius 2 is 1.73 bits per heavy atom. The molecule has 2 aromatic carbocycles. The van der Waals surface area contributed by atoms with Crippen molar-refractivity contribution in [1.82, 2.24) is 4.72 Å². The predicted molar refractivity (Wildman–Crippen MR) is 83.1 cm³/mol. The second-order valence-corrected chi connectivity index (χ2v) is 8.19. The van der Waals surface area contributed by atoms with Crippen molar-refractivity contribution in [1.29, 1.82) is 0 Å². The monoisotopic (exact) mass is 406 g/mol. The highest BCUT2D eigenvalue weighted by Crippen LogP contribution is 2.34. The van der Waals surface area contributed by atoms with E-state index in [-0.39, 0.29) is 4.90 Å². The van der Waals surface area contributed by atoms with E-state index in [9.17, 15) is 35.7 Å². The van der Waals surface area contributed by atoms with E-state index in [1.807, 2.05) is 4.72 Å². The fourth-order valence-electron chi connectivity index (χ4n) is 2.08. The first kappa shape index (κ1) is 20.1. The molecule has 11 heteroatoms. The standard InChI is InChI=1S/C15H12F3NO5S2/c1-19-26(23,24)13-7-6-9(15(16,17)18)8-12(13)25(22)11-5-3-2-4-10(11)14(20)21/h2-8,19H,1H3,(H,20,21)/p-1/t25-/m1/s1. The van der Waals surface area contributed by atoms with Crippen molar-refractivity contribution >= 4 is 26.8 Å². The quantitative estimate of drug-likeness (QED) is 0.802. The van der Waals surface area contributed by atoms with Gasteiger partial charge in [0.1, 0.15) is 0 Å². The van der Waals surface area contributed by atoms with Gasteiger partial charge in [0.25, 0.3) is 0 Å². The van der Waals surface area contributed by atoms with Gasteiger partial charge < -0.3 is 9.90 Å². The van der Waals surface area contributed by atoms with E-state index in [4.69, 9.17) is 0 Å². The molecule has 0 heterocycles. The molecule has 0 aliphatic carbocycles. The summed E-state index contributed by atoms with van der Waals surface area (Å²) in [5, 5.41) is 11.2. The summed E-state index contributed by atoms with van der Waals surface area (Å²) in [5.41, 5.74) is -1.74. The number of alkyl halides is 3. The Labute approximate surface area is 149 Å². The van der Waals surface area contributed by atoms with Gasteiger partial charge in [-0.05, 0) is 31.3 Å². The Morgan fingerprint density at radius 3 is 2.27 bits per heavy atom. The van der Waals surface area contributed by atoms with Gasteiger partial charge >= 0.3 is 6.18 Å². The first-order valence-electron chi connectivity index (χ1n) is 6.86. The minimum Gasteiger partial charge on any atom is -0.545 e. The Bertz CT molecular complexity index is 987. The Morgan fingerprint density at radius 1 is 1.12 bits per heavy atom. The van der Waals surface area contributed by atoms with Crippen molar-refractivity contribution < 1.29 is 35.7 Å². The van der Waals surface area contributed by atoms with E-state index >= 15 is 0 Å². The fraction of sp³-hybridized carbons (Fsp3) is 0.133. The molecule has 0 aromatic heterocycles. The van der Waals surface area contributed by atoms with Crippen molar-refractivity contribution in [3.05, 3.63) is 53.6 Å². The third kappa shape index (κ3) is 3.94. The smallest absolute Gasteiger partial charge is 0.416 e. The number of hydrogen-bond acceptors (Lipinski definition) is 5. The lowest BCUT2D eigenvalue weighted by atomic mass is 10.2. The zero-order valence-corrected chi connectivity index (χ0v) is 14.7. The molecule has 0 saturated heterocycles. The van der Waals surface area contributed by atoms with Crippen LogP contribution in [0, 0.1) is 0 Å². The topological polar surface area (TPSA) is 103 Å². The molecular formula is C15H11F3NO5S2-. The number of carboxylic acid groups (broad SMARTS) is 1. The highest BCUT2D eigenvalue weighted by Gasteiger charge is 2.33. The van der Waals surface area contributed by atoms with E-state index in [1.165, 1.54) is 12.1 Å². The Balaban J connectivity index is 2.78. The van der Waals surface area contributed by atoms with Gasteiger partial charge in [0.05, 0.1) is 37.0 Å². The molecule has 0 bridgehead atoms. The van der Waals surface area contributed by atoms with Crippen LogP contribution >= 0.6 is 0 Å². The third-order valence-electron chi connectivity index (χ3n) is 3.34. The molecule has 0 aliphatic rings. The van der Waals surface area contributed by atoms with Crippen molar-refractivity contribution in [2.24, 2.45) is 0 Å². The number of rotatable bonds is 5. The van der Waals surface area contributed by atoms with Crippen LogP contribution < -0.4 is 9.83 Å². The summed E-state index contributed by atoms with van der Waals surface area (Å²) in [4.78, 5) is 9.44. The maximum Gasteiger partial charge on any atom is 0.416 e. The van der Waals surface area contributed by atoms with Crippen LogP contribution in [0.4, 0.5) is 13.2 Å². The predicted octanol–water partition coefficient (Wildman–Crippen LogP) is 1.14. The lowest BCUT2D eigenvalue weighted by Gasteiger charge is -2.15. The van der Waals surface area contributed by atoms with E-state index in [1.54, 1.807) is 0 Å². The number of sulfonamides is 1. The first-order chi connectivity index (χ1) is 12.0. The van der Waals surface area contributed by atoms with Crippen molar-refractivity contribution in [3.63, 3.8) is 0 Å². The zero-order valence-electron chi connectivity index (χ0n) is 13.0. The minimum atomic E-state index is -4.81. The van der Waals surface area contributed by atoms with Gasteiger partial charge in [-0.15, -0.1) is 0 Å². The number of aromatic carboxylic acids is 1. The summed E-state index contributed by atoms with van der Waals surface area (Å²) >= 11 is 0. The van der Waals surface area contributed by atoms with Crippen LogP contribution in [0.25, 0.3) is 0 Å². The van der Waals surface area contributed by atoms with E-state index in [0.29, 0.717) is 18.2 Å². The third-order valence-corrected chi connectivity index (χ3v) is 6.43. The molecule has 0 saturated carbocycles. The summed E-state index contributed by atoms with van der Waals surface area (Å²) in [6.45, 7) is 0. The number of halogens is 3. The van der Waals surface area contributed by atoms with E-state index in [2.05, 4.69) is 0 Å². The zero-order chi connectivity index (χ0) is 19.7. The molecule has 0 radical (unpaired) electrons. The van der Waals surface area contributed by atoms with Crippen molar-refractivity contribution in [2.75, 3.05) is 7.05 Å². The summed E-state index contributed by atoms with van der Waals surface area (Å²) < 4.78 is 77.8. The van der Waals surface area contributed by atoms with Crippen LogP contribution in [0.15, 0.2) is 57.2 Å². The van der Waals surface area contributed by atoms with Gasteiger partial charge in [0, 0.05) is 5.56 Å². The molecule has 0 aliphatic heterocycles. The van der Waals surface area contributed by atoms with Crippen LogP contribution in [-0.2, 0) is 27.0 Å². The minimum absolute atomic E-state index is 0.376. The molecule has 0 fully saturated rings. The highest BCUT2D eigenvalue weighted by molar-refractivity contribution is 7.91. The lowest BCUT2D eigenvalue weighted by Crippen LogP contribution is -2.24. The molecular weight excluding hydrogens is 395 g/mol. The van der Waals surface area contributed by atoms with Crippen molar-refractivity contribution in [2.45, 2.75) is 20.9 Å². The van der Waals surface area contributed by atoms with Crippen LogP contribution in [0.1, 0.15) is 15.9 Å². The number of carbonyl (C=O) groups excluding carboxylic acids is 1. The summed E-state index contributed by atoms with van der Waals surface area (Å²) in [5.74, 6) is -1.70. The second-order valence-electron chi connectivity index (χ2n) is 4.92. The summed E-state index contributed by atoms with van der Waals surface area (Å²) in [7, 11) is -5.74. The average Bonchev–Trinajstić information content (AvgIpc) is 2.59. The molecule has 2 rings (SSSR count). The van der Waals surface area contributed by atoms with Crippen LogP contribution in [0.3, 0.4) is 0 Å². The number of carboxylic acids is 1.